The van der Waals surface area contributed by atoms with Crippen LogP contribution in [-0.4, -0.2) is 32.4 Å². The molecule has 18 heavy (non-hydrogen) atoms. The highest BCUT2D eigenvalue weighted by molar-refractivity contribution is 6.35. The Bertz CT molecular complexity index is 359. The van der Waals surface area contributed by atoms with Crippen molar-refractivity contribution < 1.29 is 9.47 Å². The van der Waals surface area contributed by atoms with Crippen molar-refractivity contribution in [1.82, 2.24) is 5.32 Å². The van der Waals surface area contributed by atoms with Crippen LogP contribution in [0.4, 0.5) is 0 Å². The first-order valence-corrected chi connectivity index (χ1v) is 6.74. The summed E-state index contributed by atoms with van der Waals surface area (Å²) in [6.07, 6.45) is 0. The van der Waals surface area contributed by atoms with E-state index >= 15 is 0 Å². The van der Waals surface area contributed by atoms with Crippen molar-refractivity contribution in [1.29, 1.82) is 0 Å². The molecule has 0 aliphatic carbocycles. The summed E-state index contributed by atoms with van der Waals surface area (Å²) in [5.41, 5.74) is 0. The Hall–Kier alpha value is -0.480. The minimum atomic E-state index is 0.475. The SMILES string of the molecule is CC(C)NCCOCCOc1ccc(Cl)cc1Cl. The molecule has 0 radical (unpaired) electrons. The van der Waals surface area contributed by atoms with Gasteiger partial charge in [-0.2, -0.15) is 0 Å². The van der Waals surface area contributed by atoms with Gasteiger partial charge in [0.25, 0.3) is 0 Å². The van der Waals surface area contributed by atoms with Crippen LogP contribution in [-0.2, 0) is 4.74 Å². The second kappa shape index (κ2) is 8.59. The molecular formula is C13H19Cl2NO2. The maximum Gasteiger partial charge on any atom is 0.138 e. The maximum absolute atomic E-state index is 5.97. The van der Waals surface area contributed by atoms with Gasteiger partial charge in [-0.3, -0.25) is 0 Å². The third-order valence-electron chi connectivity index (χ3n) is 2.18. The van der Waals surface area contributed by atoms with Crippen molar-refractivity contribution >= 4 is 23.2 Å². The zero-order valence-electron chi connectivity index (χ0n) is 10.7. The number of ether oxygens (including phenoxy) is 2. The Balaban J connectivity index is 2.11. The van der Waals surface area contributed by atoms with Crippen molar-refractivity contribution in [2.45, 2.75) is 19.9 Å². The van der Waals surface area contributed by atoms with E-state index in [1.54, 1.807) is 18.2 Å². The quantitative estimate of drug-likeness (QED) is 0.745. The standard InChI is InChI=1S/C13H19Cl2NO2/c1-10(2)16-5-6-17-7-8-18-13-4-3-11(14)9-12(13)15/h3-4,9-10,16H,5-8H2,1-2H3. The van der Waals surface area contributed by atoms with E-state index in [1.807, 2.05) is 0 Å². The molecule has 1 aromatic carbocycles. The molecule has 1 aromatic rings. The summed E-state index contributed by atoms with van der Waals surface area (Å²) in [5.74, 6) is 0.630. The van der Waals surface area contributed by atoms with Crippen LogP contribution in [0.3, 0.4) is 0 Å². The molecular weight excluding hydrogens is 273 g/mol. The summed E-state index contributed by atoms with van der Waals surface area (Å²) < 4.78 is 10.9. The molecule has 0 unspecified atom stereocenters. The fraction of sp³-hybridized carbons (Fsp3) is 0.538. The van der Waals surface area contributed by atoms with Gasteiger partial charge in [-0.05, 0) is 18.2 Å². The lowest BCUT2D eigenvalue weighted by Crippen LogP contribution is -2.27. The van der Waals surface area contributed by atoms with Gasteiger partial charge in [-0.1, -0.05) is 37.0 Å². The average Bonchev–Trinajstić information content (AvgIpc) is 2.30. The zero-order chi connectivity index (χ0) is 13.4. The molecule has 1 rings (SSSR count). The number of hydrogen-bond acceptors (Lipinski definition) is 3. The van der Waals surface area contributed by atoms with Gasteiger partial charge < -0.3 is 14.8 Å². The lowest BCUT2D eigenvalue weighted by Gasteiger charge is -2.10. The zero-order valence-corrected chi connectivity index (χ0v) is 12.2. The van der Waals surface area contributed by atoms with E-state index in [0.717, 1.165) is 6.54 Å². The molecule has 0 saturated carbocycles. The highest BCUT2D eigenvalue weighted by Gasteiger charge is 2.01. The Morgan fingerprint density at radius 3 is 2.61 bits per heavy atom. The van der Waals surface area contributed by atoms with Gasteiger partial charge in [-0.25, -0.2) is 0 Å². The minimum absolute atomic E-state index is 0.475. The molecule has 0 fully saturated rings. The maximum atomic E-state index is 5.97. The van der Waals surface area contributed by atoms with Crippen LogP contribution in [0.5, 0.6) is 5.75 Å². The number of nitrogens with one attached hydrogen (secondary N) is 1. The topological polar surface area (TPSA) is 30.5 Å². The molecule has 3 nitrogen and oxygen atoms in total. The van der Waals surface area contributed by atoms with Crippen LogP contribution < -0.4 is 10.1 Å². The molecule has 0 aromatic heterocycles. The molecule has 0 bridgehead atoms. The van der Waals surface area contributed by atoms with Crippen LogP contribution in [0, 0.1) is 0 Å². The molecule has 0 aliphatic heterocycles. The molecule has 0 spiro atoms. The normalized spacial score (nSPS) is 10.9. The predicted octanol–water partition coefficient (Wildman–Crippen LogP) is 3.39. The minimum Gasteiger partial charge on any atom is -0.490 e. The van der Waals surface area contributed by atoms with E-state index < -0.39 is 0 Å². The van der Waals surface area contributed by atoms with Crippen molar-refractivity contribution in [3.8, 4) is 5.75 Å². The van der Waals surface area contributed by atoms with Crippen molar-refractivity contribution in [2.24, 2.45) is 0 Å². The summed E-state index contributed by atoms with van der Waals surface area (Å²) in [4.78, 5) is 0. The average molecular weight is 292 g/mol. The van der Waals surface area contributed by atoms with E-state index in [0.29, 0.717) is 41.7 Å². The summed E-state index contributed by atoms with van der Waals surface area (Å²) in [5, 5.41) is 4.39. The Morgan fingerprint density at radius 2 is 1.94 bits per heavy atom. The third-order valence-corrected chi connectivity index (χ3v) is 2.71. The number of hydrogen-bond donors (Lipinski definition) is 1. The molecule has 0 aliphatic rings. The van der Waals surface area contributed by atoms with Gasteiger partial charge in [0.05, 0.1) is 18.2 Å². The summed E-state index contributed by atoms with van der Waals surface area (Å²) in [6, 6.07) is 5.64. The molecule has 0 heterocycles. The molecule has 0 amide bonds. The molecule has 0 saturated heterocycles. The summed E-state index contributed by atoms with van der Waals surface area (Å²) in [6.45, 7) is 6.74. The van der Waals surface area contributed by atoms with Crippen molar-refractivity contribution in [3.63, 3.8) is 0 Å². The lowest BCUT2D eigenvalue weighted by atomic mass is 10.3. The largest absolute Gasteiger partial charge is 0.490 e. The smallest absolute Gasteiger partial charge is 0.138 e. The molecule has 1 N–H and O–H groups in total. The first kappa shape index (κ1) is 15.6. The second-order valence-electron chi connectivity index (χ2n) is 4.14. The van der Waals surface area contributed by atoms with Gasteiger partial charge in [0.15, 0.2) is 0 Å². The van der Waals surface area contributed by atoms with Crippen LogP contribution in [0.2, 0.25) is 10.0 Å². The molecule has 0 atom stereocenters. The fourth-order valence-electron chi connectivity index (χ4n) is 1.32. The number of halogens is 2. The number of benzene rings is 1. The van der Waals surface area contributed by atoms with Gasteiger partial charge >= 0.3 is 0 Å². The summed E-state index contributed by atoms with van der Waals surface area (Å²) in [7, 11) is 0. The van der Waals surface area contributed by atoms with Crippen molar-refractivity contribution in [3.05, 3.63) is 28.2 Å². The van der Waals surface area contributed by atoms with Gasteiger partial charge in [0, 0.05) is 17.6 Å². The van der Waals surface area contributed by atoms with E-state index in [9.17, 15) is 0 Å². The van der Waals surface area contributed by atoms with Crippen LogP contribution in [0.15, 0.2) is 18.2 Å². The molecule has 5 heteroatoms. The predicted molar refractivity (Wildman–Crippen MR) is 75.9 cm³/mol. The van der Waals surface area contributed by atoms with Gasteiger partial charge in [0.1, 0.15) is 12.4 Å². The van der Waals surface area contributed by atoms with Gasteiger partial charge in [-0.15, -0.1) is 0 Å². The monoisotopic (exact) mass is 291 g/mol. The Labute approximate surface area is 118 Å². The van der Waals surface area contributed by atoms with E-state index in [-0.39, 0.29) is 0 Å². The summed E-state index contributed by atoms with van der Waals surface area (Å²) >= 11 is 11.8. The number of rotatable bonds is 8. The highest BCUT2D eigenvalue weighted by atomic mass is 35.5. The van der Waals surface area contributed by atoms with Gasteiger partial charge in [0.2, 0.25) is 0 Å². The highest BCUT2D eigenvalue weighted by Crippen LogP contribution is 2.27. The Morgan fingerprint density at radius 1 is 1.17 bits per heavy atom. The fourth-order valence-corrected chi connectivity index (χ4v) is 1.79. The van der Waals surface area contributed by atoms with Crippen molar-refractivity contribution in [2.75, 3.05) is 26.4 Å². The van der Waals surface area contributed by atoms with Crippen LogP contribution >= 0.6 is 23.2 Å². The first-order valence-electron chi connectivity index (χ1n) is 5.98. The third kappa shape index (κ3) is 6.45. The van der Waals surface area contributed by atoms with E-state index in [4.69, 9.17) is 32.7 Å². The van der Waals surface area contributed by atoms with Crippen LogP contribution in [0.1, 0.15) is 13.8 Å². The Kier molecular flexibility index (Phi) is 7.44. The lowest BCUT2D eigenvalue weighted by molar-refractivity contribution is 0.101. The van der Waals surface area contributed by atoms with E-state index in [1.165, 1.54) is 0 Å². The second-order valence-corrected chi connectivity index (χ2v) is 4.99. The first-order chi connectivity index (χ1) is 8.59. The van der Waals surface area contributed by atoms with Crippen LogP contribution in [0.25, 0.3) is 0 Å². The molecule has 102 valence electrons. The van der Waals surface area contributed by atoms with E-state index in [2.05, 4.69) is 19.2 Å².